The third-order valence-corrected chi connectivity index (χ3v) is 66.0. The fraction of sp³-hybridized carbons (Fsp3) is 1.00. The molecule has 0 bridgehead atoms. The zero-order valence-corrected chi connectivity index (χ0v) is 48.7. The molecule has 0 saturated heterocycles. The third kappa shape index (κ3) is 19.1. The molecule has 0 aromatic rings. The fourth-order valence-electron chi connectivity index (χ4n) is 4.81. The molecular formula is C32H73O9S12Si3+3. The Morgan fingerprint density at radius 1 is 0.446 bits per heavy atom. The van der Waals surface area contributed by atoms with Crippen molar-refractivity contribution in [2.45, 2.75) is 131 Å². The maximum Gasteiger partial charge on any atom is 0.808 e. The highest BCUT2D eigenvalue weighted by molar-refractivity contribution is 9.33. The van der Waals surface area contributed by atoms with E-state index in [0.717, 1.165) is 55.8 Å². The first kappa shape index (κ1) is 58.5. The van der Waals surface area contributed by atoms with Gasteiger partial charge in [-0.3, -0.25) is 0 Å². The Morgan fingerprint density at radius 3 is 1.02 bits per heavy atom. The Morgan fingerprint density at radius 2 is 0.732 bits per heavy atom. The lowest BCUT2D eigenvalue weighted by atomic mass is 10.3. The molecule has 1 aliphatic carbocycles. The van der Waals surface area contributed by atoms with Gasteiger partial charge in [-0.15, -0.1) is 0 Å². The lowest BCUT2D eigenvalue weighted by Gasteiger charge is -2.33. The fourth-order valence-corrected chi connectivity index (χ4v) is 74.6. The van der Waals surface area contributed by atoms with E-state index in [0.29, 0.717) is 59.5 Å². The molecule has 0 aromatic heterocycles. The number of hydrogen-bond acceptors (Lipinski definition) is 18. The summed E-state index contributed by atoms with van der Waals surface area (Å²) >= 11 is 0. The largest absolute Gasteiger partial charge is 0.808 e. The summed E-state index contributed by atoms with van der Waals surface area (Å²) in [5.74, 6) is 3.15. The molecule has 24 heteroatoms. The molecule has 0 N–H and O–H groups in total. The van der Waals surface area contributed by atoms with Gasteiger partial charge in [-0.25, -0.2) is 0 Å². The molecule has 4 atom stereocenters. The summed E-state index contributed by atoms with van der Waals surface area (Å²) < 4.78 is 60.4. The Balaban J connectivity index is 4.21. The molecule has 1 saturated carbocycles. The molecule has 1 fully saturated rings. The zero-order valence-electron chi connectivity index (χ0n) is 35.9. The highest BCUT2D eigenvalue weighted by Gasteiger charge is 2.76. The predicted molar refractivity (Wildman–Crippen MR) is 278 cm³/mol. The van der Waals surface area contributed by atoms with Crippen LogP contribution < -0.4 is 0 Å². The minimum Gasteiger partial charge on any atom is -0.331 e. The summed E-state index contributed by atoms with van der Waals surface area (Å²) in [5.41, 5.74) is 0. The molecule has 1 rings (SSSR count). The lowest BCUT2D eigenvalue weighted by molar-refractivity contribution is 0.0958. The van der Waals surface area contributed by atoms with E-state index in [1.54, 1.807) is 0 Å². The molecule has 1 aliphatic rings. The van der Waals surface area contributed by atoms with Crippen molar-refractivity contribution in [2.24, 2.45) is 0 Å². The minimum absolute atomic E-state index is 0.232. The first-order chi connectivity index (χ1) is 27.1. The molecule has 56 heavy (non-hydrogen) atoms. The summed E-state index contributed by atoms with van der Waals surface area (Å²) in [7, 11) is 6.90. The average Bonchev–Trinajstić information content (AvgIpc) is 3.55. The van der Waals surface area contributed by atoms with Crippen LogP contribution in [0.5, 0.6) is 0 Å². The van der Waals surface area contributed by atoms with Gasteiger partial charge in [0.25, 0.3) is 0 Å². The van der Waals surface area contributed by atoms with E-state index in [1.807, 2.05) is 61.9 Å². The van der Waals surface area contributed by atoms with Gasteiger partial charge in [0, 0.05) is 76.7 Å². The Hall–Kier alpha value is 4.49. The van der Waals surface area contributed by atoms with Crippen molar-refractivity contribution in [2.75, 3.05) is 76.7 Å². The molecule has 0 amide bonds. The highest BCUT2D eigenvalue weighted by atomic mass is 33.8. The summed E-state index contributed by atoms with van der Waals surface area (Å²) in [5, 5.41) is 0.232. The second-order valence-corrected chi connectivity index (χ2v) is 53.4. The summed E-state index contributed by atoms with van der Waals surface area (Å²) in [6.45, 7) is 30.2. The van der Waals surface area contributed by atoms with E-state index < -0.39 is 49.1 Å². The normalized spacial score (nSPS) is 19.8. The van der Waals surface area contributed by atoms with Crippen molar-refractivity contribution < 1.29 is 39.8 Å². The van der Waals surface area contributed by atoms with E-state index in [2.05, 4.69) is 115 Å². The van der Waals surface area contributed by atoms with Gasteiger partial charge in [0.2, 0.25) is 0 Å². The Bertz CT molecular complexity index is 876. The van der Waals surface area contributed by atoms with Crippen molar-refractivity contribution >= 4 is 143 Å². The van der Waals surface area contributed by atoms with Crippen molar-refractivity contribution in [3.05, 3.63) is 0 Å². The first-order valence-electron chi connectivity index (χ1n) is 20.1. The van der Waals surface area contributed by atoms with Crippen LogP contribution in [0.4, 0.5) is 0 Å². The maximum atomic E-state index is 6.76. The van der Waals surface area contributed by atoms with Crippen molar-refractivity contribution in [3.63, 3.8) is 0 Å². The molecule has 0 aliphatic heterocycles. The standard InChI is InChI=1S/C32H73O9S12Si3/c1-13-28-42-48-51(54(33-16-4,34-17-5)35-18-6)45-31-26-25-27-32(31,46-52(49-43-29-14-2)55(36-19-7,37-20-8)38-21-9)47-53(50-44-30-15-3)56(39-22-10,40-23-11)41-24-12/h31H,13-30H2,1-12H3/q+3. The van der Waals surface area contributed by atoms with Crippen LogP contribution in [0.15, 0.2) is 0 Å². The van der Waals surface area contributed by atoms with Gasteiger partial charge >= 0.3 is 23.9 Å². The monoisotopic (exact) mass is 1070 g/mol. The van der Waals surface area contributed by atoms with Crippen LogP contribution in [0.25, 0.3) is 0 Å². The van der Waals surface area contributed by atoms with E-state index >= 15 is 0 Å². The quantitative estimate of drug-likeness (QED) is 0.0192. The minimum atomic E-state index is -3.19. The predicted octanol–water partition coefficient (Wildman–Crippen LogP) is 12.8. The van der Waals surface area contributed by atoms with E-state index in [1.165, 1.54) is 0 Å². The number of hydrogen-bond donors (Lipinski definition) is 0. The van der Waals surface area contributed by atoms with Crippen LogP contribution in [-0.4, -0.2) is 110 Å². The van der Waals surface area contributed by atoms with E-state index in [9.17, 15) is 0 Å². The van der Waals surface area contributed by atoms with E-state index in [4.69, 9.17) is 39.8 Å². The molecule has 4 unspecified atom stereocenters. The van der Waals surface area contributed by atoms with Gasteiger partial charge < -0.3 is 39.8 Å². The second kappa shape index (κ2) is 34.8. The average molecular weight is 1070 g/mol. The molecule has 336 valence electrons. The topological polar surface area (TPSA) is 83.1 Å². The van der Waals surface area contributed by atoms with Gasteiger partial charge in [-0.05, 0) is 133 Å². The van der Waals surface area contributed by atoms with Crippen LogP contribution >= 0.6 is 94.2 Å². The van der Waals surface area contributed by atoms with Gasteiger partial charge in [-0.2, -0.15) is 0 Å². The third-order valence-electron chi connectivity index (χ3n) is 6.81. The van der Waals surface area contributed by atoms with Crippen molar-refractivity contribution in [3.8, 4) is 0 Å². The Labute approximate surface area is 386 Å². The molecule has 0 radical (unpaired) electrons. The first-order valence-corrected chi connectivity index (χ1v) is 43.7. The number of rotatable bonds is 39. The van der Waals surface area contributed by atoms with Crippen LogP contribution in [0.3, 0.4) is 0 Å². The van der Waals surface area contributed by atoms with Crippen LogP contribution in [0, 0.1) is 0 Å². The van der Waals surface area contributed by atoms with Gasteiger partial charge in [-0.1, -0.05) is 20.8 Å². The van der Waals surface area contributed by atoms with Crippen molar-refractivity contribution in [1.82, 2.24) is 0 Å². The van der Waals surface area contributed by atoms with Gasteiger partial charge in [0.05, 0.1) is 5.25 Å². The lowest BCUT2D eigenvalue weighted by Crippen LogP contribution is -2.55. The molecule has 0 aromatic carbocycles. The summed E-state index contributed by atoms with van der Waals surface area (Å²) in [6.07, 6.45) is 6.48. The van der Waals surface area contributed by atoms with Crippen LogP contribution in [-0.2, 0) is 65.1 Å². The van der Waals surface area contributed by atoms with Crippen LogP contribution in [0.1, 0.15) is 122 Å². The second-order valence-electron chi connectivity index (χ2n) is 11.2. The van der Waals surface area contributed by atoms with Gasteiger partial charge in [0.15, 0.2) is 58.8 Å². The van der Waals surface area contributed by atoms with Gasteiger partial charge in [0.1, 0.15) is 32.4 Å². The molecule has 9 nitrogen and oxygen atoms in total. The molecular weight excluding hydrogens is 997 g/mol. The van der Waals surface area contributed by atoms with Crippen molar-refractivity contribution in [1.29, 1.82) is 0 Å². The summed E-state index contributed by atoms with van der Waals surface area (Å²) in [6, 6.07) is 0. The highest BCUT2D eigenvalue weighted by Crippen LogP contribution is 2.67. The Kier molecular flexibility index (Phi) is 36.3. The van der Waals surface area contributed by atoms with E-state index in [-0.39, 0.29) is 9.33 Å². The molecule has 0 heterocycles. The smallest absolute Gasteiger partial charge is 0.331 e. The summed E-state index contributed by atoms with van der Waals surface area (Å²) in [4.78, 5) is 0. The molecule has 0 spiro atoms. The zero-order chi connectivity index (χ0) is 41.8. The maximum absolute atomic E-state index is 6.76. The SMILES string of the molecule is CCCSS[S+](SC1CCCC1(S[S+](SSCCC)[Si](OCC)(OCC)OCC)S[S+](SSCCC)[Si](OCC)(OCC)OCC)[Si](OCC)(OCC)OCC. The van der Waals surface area contributed by atoms with Crippen LogP contribution in [0.2, 0.25) is 0 Å².